The molecule has 0 aliphatic heterocycles. The molecule has 0 saturated carbocycles. The van der Waals surface area contributed by atoms with E-state index in [0.29, 0.717) is 22.7 Å². The predicted molar refractivity (Wildman–Crippen MR) is 41.6 cm³/mol. The van der Waals surface area contributed by atoms with E-state index in [1.165, 1.54) is 0 Å². The van der Waals surface area contributed by atoms with E-state index < -0.39 is 0 Å². The van der Waals surface area contributed by atoms with Crippen LogP contribution >= 0.6 is 0 Å². The summed E-state index contributed by atoms with van der Waals surface area (Å²) in [5.41, 5.74) is 2.52. The van der Waals surface area contributed by atoms with Crippen LogP contribution in [0.15, 0.2) is 0 Å². The van der Waals surface area contributed by atoms with Gasteiger partial charge in [0.25, 0.3) is 0 Å². The highest BCUT2D eigenvalue weighted by Crippen LogP contribution is 1.91. The Bertz CT molecular complexity index is 103. The molecule has 0 N–H and O–H groups in total. The van der Waals surface area contributed by atoms with Gasteiger partial charge in [-0.3, -0.25) is 0 Å². The third-order valence-electron chi connectivity index (χ3n) is 0.837. The van der Waals surface area contributed by atoms with Crippen molar-refractivity contribution >= 4 is 9.52 Å². The van der Waals surface area contributed by atoms with Crippen LogP contribution in [0, 0.1) is 12.0 Å². The lowest BCUT2D eigenvalue weighted by Gasteiger charge is -2.12. The molecule has 0 aromatic heterocycles. The Morgan fingerprint density at radius 3 is 2.20 bits per heavy atom. The van der Waals surface area contributed by atoms with E-state index >= 15 is 0 Å². The summed E-state index contributed by atoms with van der Waals surface area (Å²) in [7, 11) is 0.303. The normalized spacial score (nSPS) is 9.80. The number of hydrogen-bond donors (Lipinski definition) is 0. The van der Waals surface area contributed by atoms with E-state index in [1.807, 2.05) is 13.8 Å². The second kappa shape index (κ2) is 6.81. The Labute approximate surface area is 64.7 Å². The average molecular weight is 156 g/mol. The van der Waals surface area contributed by atoms with Gasteiger partial charge in [-0.05, 0) is 13.8 Å². The van der Waals surface area contributed by atoms with Crippen LogP contribution in [0.3, 0.4) is 0 Å². The summed E-state index contributed by atoms with van der Waals surface area (Å²) in [6.45, 7) is 5.15. The molecule has 0 spiro atoms. The molecule has 56 valence electrons. The lowest BCUT2D eigenvalue weighted by Crippen LogP contribution is -2.23. The molecule has 3 heteroatoms. The third-order valence-corrected chi connectivity index (χ3v) is 1.57. The maximum atomic E-state index is 5.17. The second-order valence-electron chi connectivity index (χ2n) is 1.53. The molecule has 0 saturated heterocycles. The predicted octanol–water partition coefficient (Wildman–Crippen LogP) is 0.638. The summed E-state index contributed by atoms with van der Waals surface area (Å²) in [6.07, 6.45) is 5.09. The molecule has 2 radical (unpaired) electrons. The molecular formula is C7H12O2Si. The van der Waals surface area contributed by atoms with E-state index in [2.05, 4.69) is 5.54 Å². The summed E-state index contributed by atoms with van der Waals surface area (Å²) in [5.74, 6) is -0.181. The van der Waals surface area contributed by atoms with Crippen molar-refractivity contribution in [1.82, 2.24) is 0 Å². The van der Waals surface area contributed by atoms with E-state index in [-0.39, 0.29) is 5.91 Å². The molecule has 0 atom stereocenters. The van der Waals surface area contributed by atoms with E-state index in [1.54, 1.807) is 0 Å². The zero-order chi connectivity index (χ0) is 7.82. The molecule has 0 heterocycles. The van der Waals surface area contributed by atoms with Gasteiger partial charge in [0.15, 0.2) is 5.91 Å². The number of hydrogen-bond acceptors (Lipinski definition) is 2. The largest absolute Gasteiger partial charge is 0.356 e. The van der Waals surface area contributed by atoms with Crippen LogP contribution < -0.4 is 0 Å². The molecule has 0 rings (SSSR count). The molecule has 0 fully saturated rings. The van der Waals surface area contributed by atoms with Gasteiger partial charge < -0.3 is 9.47 Å². The van der Waals surface area contributed by atoms with Crippen molar-refractivity contribution in [3.63, 3.8) is 0 Å². The van der Waals surface area contributed by atoms with Crippen LogP contribution in [0.1, 0.15) is 13.8 Å². The first-order valence-corrected chi connectivity index (χ1v) is 4.37. The fourth-order valence-corrected chi connectivity index (χ4v) is 1.14. The highest BCUT2D eigenvalue weighted by Gasteiger charge is 2.05. The summed E-state index contributed by atoms with van der Waals surface area (Å²) in [5, 5.41) is 0. The first-order valence-electron chi connectivity index (χ1n) is 3.29. The highest BCUT2D eigenvalue weighted by atomic mass is 28.2. The lowest BCUT2D eigenvalue weighted by molar-refractivity contribution is -0.0816. The molecular weight excluding hydrogens is 144 g/mol. The van der Waals surface area contributed by atoms with Crippen LogP contribution in [-0.4, -0.2) is 28.6 Å². The zero-order valence-corrected chi connectivity index (χ0v) is 7.39. The first kappa shape index (κ1) is 9.70. The summed E-state index contributed by atoms with van der Waals surface area (Å²) >= 11 is 0. The van der Waals surface area contributed by atoms with Crippen molar-refractivity contribution in [2.24, 2.45) is 0 Å². The Morgan fingerprint density at radius 2 is 1.90 bits per heavy atom. The Morgan fingerprint density at radius 1 is 1.40 bits per heavy atom. The highest BCUT2D eigenvalue weighted by molar-refractivity contribution is 6.46. The maximum absolute atomic E-state index is 5.17. The van der Waals surface area contributed by atoms with E-state index in [4.69, 9.17) is 15.9 Å². The summed E-state index contributed by atoms with van der Waals surface area (Å²) < 4.78 is 10.3. The molecule has 0 aromatic carbocycles. The van der Waals surface area contributed by atoms with Gasteiger partial charge in [0.2, 0.25) is 9.52 Å². The molecule has 0 aliphatic rings. The fraction of sp³-hybridized carbons (Fsp3) is 0.714. The van der Waals surface area contributed by atoms with Crippen LogP contribution in [0.25, 0.3) is 0 Å². The molecule has 0 unspecified atom stereocenters. The van der Waals surface area contributed by atoms with Crippen molar-refractivity contribution in [1.29, 1.82) is 0 Å². The Hall–Kier alpha value is -0.303. The van der Waals surface area contributed by atoms with Crippen molar-refractivity contribution in [2.75, 3.05) is 13.2 Å². The van der Waals surface area contributed by atoms with Crippen molar-refractivity contribution in [3.05, 3.63) is 0 Å². The van der Waals surface area contributed by atoms with Crippen LogP contribution in [0.5, 0.6) is 0 Å². The molecule has 0 aliphatic carbocycles. The minimum atomic E-state index is -0.181. The lowest BCUT2D eigenvalue weighted by atomic mass is 10.8. The second-order valence-corrected chi connectivity index (χ2v) is 2.58. The SMILES string of the molecule is C#C[Si]C(OCC)OCC. The summed E-state index contributed by atoms with van der Waals surface area (Å²) in [4.78, 5) is 0. The van der Waals surface area contributed by atoms with Gasteiger partial charge in [0, 0.05) is 13.2 Å². The van der Waals surface area contributed by atoms with Crippen LogP contribution in [0.4, 0.5) is 0 Å². The average Bonchev–Trinajstić information content (AvgIpc) is 1.90. The first-order chi connectivity index (χ1) is 4.85. The van der Waals surface area contributed by atoms with Gasteiger partial charge in [0.05, 0.1) is 0 Å². The number of ether oxygens (including phenoxy) is 2. The quantitative estimate of drug-likeness (QED) is 0.330. The smallest absolute Gasteiger partial charge is 0.220 e. The van der Waals surface area contributed by atoms with Gasteiger partial charge in [0.1, 0.15) is 0 Å². The summed E-state index contributed by atoms with van der Waals surface area (Å²) in [6, 6.07) is 0. The van der Waals surface area contributed by atoms with E-state index in [9.17, 15) is 0 Å². The Kier molecular flexibility index (Phi) is 6.61. The van der Waals surface area contributed by atoms with Gasteiger partial charge in [-0.1, -0.05) is 0 Å². The number of terminal acetylenes is 1. The van der Waals surface area contributed by atoms with Gasteiger partial charge in [-0.15, -0.1) is 12.0 Å². The van der Waals surface area contributed by atoms with Crippen molar-refractivity contribution in [3.8, 4) is 12.0 Å². The van der Waals surface area contributed by atoms with Crippen LogP contribution in [-0.2, 0) is 9.47 Å². The molecule has 0 bridgehead atoms. The minimum Gasteiger partial charge on any atom is -0.356 e. The molecule has 10 heavy (non-hydrogen) atoms. The standard InChI is InChI=1S/C7H12O2Si/c1-4-8-7(9-5-2)10-6-3/h3,7H,4-5H2,1-2H3. The fourth-order valence-electron chi connectivity index (χ4n) is 0.502. The van der Waals surface area contributed by atoms with Gasteiger partial charge >= 0.3 is 0 Å². The van der Waals surface area contributed by atoms with Gasteiger partial charge in [-0.25, -0.2) is 0 Å². The Balaban J connectivity index is 3.42. The van der Waals surface area contributed by atoms with Crippen LogP contribution in [0.2, 0.25) is 0 Å². The molecule has 0 aromatic rings. The minimum absolute atomic E-state index is 0.181. The topological polar surface area (TPSA) is 18.5 Å². The maximum Gasteiger partial charge on any atom is 0.220 e. The zero-order valence-electron chi connectivity index (χ0n) is 6.39. The van der Waals surface area contributed by atoms with Crippen molar-refractivity contribution in [2.45, 2.75) is 19.8 Å². The molecule has 0 amide bonds. The number of rotatable bonds is 5. The third kappa shape index (κ3) is 4.56. The monoisotopic (exact) mass is 156 g/mol. The molecule has 2 nitrogen and oxygen atoms in total. The van der Waals surface area contributed by atoms with Gasteiger partial charge in [-0.2, -0.15) is 0 Å². The van der Waals surface area contributed by atoms with Crippen molar-refractivity contribution < 1.29 is 9.47 Å². The van der Waals surface area contributed by atoms with E-state index in [0.717, 1.165) is 0 Å².